The van der Waals surface area contributed by atoms with Crippen molar-refractivity contribution in [3.8, 4) is 17.1 Å². The Morgan fingerprint density at radius 2 is 1.86 bits per heavy atom. The predicted octanol–water partition coefficient (Wildman–Crippen LogP) is 4.74. The van der Waals surface area contributed by atoms with Gasteiger partial charge in [0.05, 0.1) is 18.3 Å². The molecule has 0 unspecified atom stereocenters. The van der Waals surface area contributed by atoms with Gasteiger partial charge in [0.2, 0.25) is 0 Å². The number of ether oxygens (including phenoxy) is 2. The molecule has 4 rings (SSSR count). The lowest BCUT2D eigenvalue weighted by molar-refractivity contribution is 0.0781. The quantitative estimate of drug-likeness (QED) is 0.317. The predicted molar refractivity (Wildman–Crippen MR) is 140 cm³/mol. The van der Waals surface area contributed by atoms with Crippen molar-refractivity contribution >= 4 is 16.8 Å². The van der Waals surface area contributed by atoms with Crippen LogP contribution in [0.2, 0.25) is 0 Å². The molecule has 2 aromatic heterocycles. The highest BCUT2D eigenvalue weighted by Gasteiger charge is 2.21. The summed E-state index contributed by atoms with van der Waals surface area (Å²) in [5.41, 5.74) is 6.03. The zero-order valence-corrected chi connectivity index (χ0v) is 21.8. The highest BCUT2D eigenvalue weighted by molar-refractivity contribution is 6.05. The lowest BCUT2D eigenvalue weighted by Gasteiger charge is -2.18. The summed E-state index contributed by atoms with van der Waals surface area (Å²) < 4.78 is 12.8. The molecule has 8 heteroatoms. The summed E-state index contributed by atoms with van der Waals surface area (Å²) in [6.07, 6.45) is 1.83. The van der Waals surface area contributed by atoms with E-state index in [1.54, 1.807) is 19.1 Å². The topological polar surface area (TPSA) is 82.4 Å². The summed E-state index contributed by atoms with van der Waals surface area (Å²) in [7, 11) is 3.44. The third-order valence-electron chi connectivity index (χ3n) is 6.29. The molecular formula is C28H33N5O3. The lowest BCUT2D eigenvalue weighted by Crippen LogP contribution is -2.28. The number of amides is 1. The Hall–Kier alpha value is -3.78. The maximum absolute atomic E-state index is 13.7. The van der Waals surface area contributed by atoms with Gasteiger partial charge in [-0.05, 0) is 63.6 Å². The fourth-order valence-corrected chi connectivity index (χ4v) is 4.19. The van der Waals surface area contributed by atoms with E-state index in [1.807, 2.05) is 68.0 Å². The van der Waals surface area contributed by atoms with Gasteiger partial charge >= 0.3 is 0 Å². The van der Waals surface area contributed by atoms with Crippen LogP contribution in [0.5, 0.6) is 5.75 Å². The van der Waals surface area contributed by atoms with Crippen molar-refractivity contribution in [1.82, 2.24) is 24.6 Å². The Balaban J connectivity index is 1.71. The van der Waals surface area contributed by atoms with Gasteiger partial charge in [-0.2, -0.15) is 5.10 Å². The van der Waals surface area contributed by atoms with E-state index in [-0.39, 0.29) is 5.91 Å². The molecular weight excluding hydrogens is 454 g/mol. The van der Waals surface area contributed by atoms with Crippen molar-refractivity contribution in [2.75, 3.05) is 27.4 Å². The molecule has 36 heavy (non-hydrogen) atoms. The van der Waals surface area contributed by atoms with E-state index in [4.69, 9.17) is 19.4 Å². The minimum absolute atomic E-state index is 0.158. The van der Waals surface area contributed by atoms with Gasteiger partial charge in [0.1, 0.15) is 18.1 Å². The Kier molecular flexibility index (Phi) is 7.64. The van der Waals surface area contributed by atoms with Gasteiger partial charge in [0.25, 0.3) is 5.91 Å². The van der Waals surface area contributed by atoms with E-state index in [1.165, 1.54) is 0 Å². The first-order valence-electron chi connectivity index (χ1n) is 12.1. The molecule has 0 radical (unpaired) electrons. The minimum atomic E-state index is -0.158. The lowest BCUT2D eigenvalue weighted by atomic mass is 10.1. The third kappa shape index (κ3) is 5.23. The summed E-state index contributed by atoms with van der Waals surface area (Å²) in [6.45, 7) is 10.3. The molecule has 0 aliphatic carbocycles. The standard InChI is InChI=1S/C28H33N5O3/c1-7-33-20(4)22(16-29-33)17-32(5)28(34)26-23-14-18(2)8-10-24(23)30-27(31-26)21-9-11-25(19(3)15-21)36-13-12-35-6/h8-11,14-16H,7,12-13,17H2,1-6H3. The van der Waals surface area contributed by atoms with E-state index in [0.29, 0.717) is 31.3 Å². The van der Waals surface area contributed by atoms with Crippen LogP contribution in [0.1, 0.15) is 39.8 Å². The highest BCUT2D eigenvalue weighted by Crippen LogP contribution is 2.28. The Bertz CT molecular complexity index is 1400. The van der Waals surface area contributed by atoms with Crippen molar-refractivity contribution in [3.05, 3.63) is 70.7 Å². The number of hydrogen-bond donors (Lipinski definition) is 0. The molecule has 2 heterocycles. The summed E-state index contributed by atoms with van der Waals surface area (Å²) in [5.74, 6) is 1.13. The first-order valence-corrected chi connectivity index (χ1v) is 12.1. The van der Waals surface area contributed by atoms with E-state index in [2.05, 4.69) is 12.0 Å². The number of fused-ring (bicyclic) bond motifs is 1. The van der Waals surface area contributed by atoms with Crippen LogP contribution in [0, 0.1) is 20.8 Å². The van der Waals surface area contributed by atoms with Crippen LogP contribution >= 0.6 is 0 Å². The second-order valence-electron chi connectivity index (χ2n) is 8.97. The summed E-state index contributed by atoms with van der Waals surface area (Å²) in [5, 5.41) is 5.15. The second-order valence-corrected chi connectivity index (χ2v) is 8.97. The van der Waals surface area contributed by atoms with E-state index in [0.717, 1.165) is 51.1 Å². The first-order chi connectivity index (χ1) is 17.3. The number of methoxy groups -OCH3 is 1. The number of aryl methyl sites for hydroxylation is 3. The highest BCUT2D eigenvalue weighted by atomic mass is 16.5. The van der Waals surface area contributed by atoms with Crippen molar-refractivity contribution in [2.45, 2.75) is 40.8 Å². The summed E-state index contributed by atoms with van der Waals surface area (Å²) >= 11 is 0. The normalized spacial score (nSPS) is 11.2. The average Bonchev–Trinajstić information content (AvgIpc) is 3.22. The van der Waals surface area contributed by atoms with Crippen LogP contribution in [-0.4, -0.2) is 57.9 Å². The molecule has 0 atom stereocenters. The van der Waals surface area contributed by atoms with E-state index >= 15 is 0 Å². The number of aromatic nitrogens is 4. The van der Waals surface area contributed by atoms with Gasteiger partial charge in [-0.3, -0.25) is 9.48 Å². The molecule has 2 aromatic carbocycles. The molecule has 0 spiro atoms. The van der Waals surface area contributed by atoms with Gasteiger partial charge in [0, 0.05) is 49.5 Å². The molecule has 0 saturated carbocycles. The first kappa shape index (κ1) is 25.3. The van der Waals surface area contributed by atoms with E-state index in [9.17, 15) is 4.79 Å². The zero-order chi connectivity index (χ0) is 25.8. The minimum Gasteiger partial charge on any atom is -0.491 e. The van der Waals surface area contributed by atoms with Crippen LogP contribution in [0.4, 0.5) is 0 Å². The number of rotatable bonds is 9. The molecule has 8 nitrogen and oxygen atoms in total. The number of hydrogen-bond acceptors (Lipinski definition) is 6. The third-order valence-corrected chi connectivity index (χ3v) is 6.29. The molecule has 1 amide bonds. The van der Waals surface area contributed by atoms with Gasteiger partial charge in [-0.25, -0.2) is 9.97 Å². The number of nitrogens with zero attached hydrogens (tertiary/aromatic N) is 5. The fraction of sp³-hybridized carbons (Fsp3) is 0.357. The average molecular weight is 488 g/mol. The van der Waals surface area contributed by atoms with Crippen LogP contribution < -0.4 is 4.74 Å². The molecule has 0 aliphatic heterocycles. The second kappa shape index (κ2) is 10.9. The molecule has 0 saturated heterocycles. The molecule has 0 aliphatic rings. The monoisotopic (exact) mass is 487 g/mol. The van der Waals surface area contributed by atoms with Gasteiger partial charge in [-0.15, -0.1) is 0 Å². The molecule has 188 valence electrons. The van der Waals surface area contributed by atoms with Gasteiger partial charge < -0.3 is 14.4 Å². The molecule has 0 N–H and O–H groups in total. The molecule has 4 aromatic rings. The summed E-state index contributed by atoms with van der Waals surface area (Å²) in [4.78, 5) is 25.0. The largest absolute Gasteiger partial charge is 0.491 e. The molecule has 0 fully saturated rings. The van der Waals surface area contributed by atoms with Crippen LogP contribution in [0.3, 0.4) is 0 Å². The number of carbonyl (C=O) groups is 1. The van der Waals surface area contributed by atoms with Crippen LogP contribution in [0.25, 0.3) is 22.3 Å². The molecule has 0 bridgehead atoms. The Morgan fingerprint density at radius 3 is 2.56 bits per heavy atom. The SMILES string of the molecule is CCn1ncc(CN(C)C(=O)c2nc(-c3ccc(OCCOC)c(C)c3)nc3ccc(C)cc23)c1C. The number of carbonyl (C=O) groups excluding carboxylic acids is 1. The summed E-state index contributed by atoms with van der Waals surface area (Å²) in [6, 6.07) is 11.7. The van der Waals surface area contributed by atoms with Crippen LogP contribution in [0.15, 0.2) is 42.6 Å². The van der Waals surface area contributed by atoms with Gasteiger partial charge in [0.15, 0.2) is 5.82 Å². The van der Waals surface area contributed by atoms with Crippen LogP contribution in [-0.2, 0) is 17.8 Å². The van der Waals surface area contributed by atoms with Crippen molar-refractivity contribution in [3.63, 3.8) is 0 Å². The maximum atomic E-state index is 13.7. The van der Waals surface area contributed by atoms with Crippen molar-refractivity contribution < 1.29 is 14.3 Å². The Morgan fingerprint density at radius 1 is 1.06 bits per heavy atom. The van der Waals surface area contributed by atoms with Crippen molar-refractivity contribution in [2.24, 2.45) is 0 Å². The van der Waals surface area contributed by atoms with Crippen molar-refractivity contribution in [1.29, 1.82) is 0 Å². The Labute approximate surface area is 211 Å². The number of benzene rings is 2. The fourth-order valence-electron chi connectivity index (χ4n) is 4.19. The smallest absolute Gasteiger partial charge is 0.273 e. The maximum Gasteiger partial charge on any atom is 0.273 e. The zero-order valence-electron chi connectivity index (χ0n) is 21.8. The van der Waals surface area contributed by atoms with Gasteiger partial charge in [-0.1, -0.05) is 11.6 Å². The van der Waals surface area contributed by atoms with E-state index < -0.39 is 0 Å².